The molecule has 1 saturated heterocycles. The Morgan fingerprint density at radius 2 is 1.84 bits per heavy atom. The molecule has 0 aliphatic carbocycles. The summed E-state index contributed by atoms with van der Waals surface area (Å²) in [6.07, 6.45) is 1.66. The number of methoxy groups -OCH3 is 1. The number of halogens is 1. The van der Waals surface area contributed by atoms with Crippen molar-refractivity contribution in [3.63, 3.8) is 0 Å². The average molecular weight is 423 g/mol. The normalized spacial score (nSPS) is 13.5. The van der Waals surface area contributed by atoms with Gasteiger partial charge >= 0.3 is 6.03 Å². The van der Waals surface area contributed by atoms with Crippen molar-refractivity contribution in [2.24, 2.45) is 0 Å². The molecular formula is C22H22FN5O3. The van der Waals surface area contributed by atoms with Gasteiger partial charge in [-0.3, -0.25) is 0 Å². The summed E-state index contributed by atoms with van der Waals surface area (Å²) in [6, 6.07) is 12.4. The topological polar surface area (TPSA) is 88.6 Å². The Morgan fingerprint density at radius 1 is 1.10 bits per heavy atom. The van der Waals surface area contributed by atoms with E-state index in [1.165, 1.54) is 18.2 Å². The van der Waals surface area contributed by atoms with Crippen molar-refractivity contribution in [1.29, 1.82) is 0 Å². The van der Waals surface area contributed by atoms with E-state index in [0.29, 0.717) is 36.2 Å². The lowest BCUT2D eigenvalue weighted by Gasteiger charge is -2.28. The lowest BCUT2D eigenvalue weighted by Crippen LogP contribution is -2.37. The molecule has 2 amide bonds. The zero-order valence-electron chi connectivity index (χ0n) is 17.0. The van der Waals surface area contributed by atoms with Gasteiger partial charge in [0.15, 0.2) is 17.4 Å². The van der Waals surface area contributed by atoms with Crippen molar-refractivity contribution in [3.05, 3.63) is 60.5 Å². The fourth-order valence-electron chi connectivity index (χ4n) is 3.21. The van der Waals surface area contributed by atoms with Gasteiger partial charge in [0, 0.05) is 30.0 Å². The first-order chi connectivity index (χ1) is 15.1. The number of morpholine rings is 1. The van der Waals surface area contributed by atoms with E-state index in [2.05, 4.69) is 20.5 Å². The number of rotatable bonds is 5. The van der Waals surface area contributed by atoms with Gasteiger partial charge in [0.1, 0.15) is 5.82 Å². The van der Waals surface area contributed by atoms with Crippen LogP contribution in [0.15, 0.2) is 54.7 Å². The van der Waals surface area contributed by atoms with Crippen LogP contribution >= 0.6 is 0 Å². The van der Waals surface area contributed by atoms with E-state index < -0.39 is 11.8 Å². The molecule has 160 valence electrons. The van der Waals surface area contributed by atoms with E-state index in [1.54, 1.807) is 31.5 Å². The Kier molecular flexibility index (Phi) is 6.23. The Bertz CT molecular complexity index is 1060. The van der Waals surface area contributed by atoms with Gasteiger partial charge in [-0.1, -0.05) is 6.07 Å². The molecule has 9 heteroatoms. The van der Waals surface area contributed by atoms with Crippen LogP contribution in [-0.4, -0.2) is 49.4 Å². The van der Waals surface area contributed by atoms with Crippen molar-refractivity contribution in [3.8, 4) is 17.1 Å². The lowest BCUT2D eigenvalue weighted by atomic mass is 10.2. The van der Waals surface area contributed by atoms with E-state index in [9.17, 15) is 9.18 Å². The highest BCUT2D eigenvalue weighted by molar-refractivity contribution is 5.99. The number of benzene rings is 2. The van der Waals surface area contributed by atoms with Crippen LogP contribution in [-0.2, 0) is 4.74 Å². The summed E-state index contributed by atoms with van der Waals surface area (Å²) in [6.45, 7) is 2.74. The third-order valence-electron chi connectivity index (χ3n) is 4.75. The van der Waals surface area contributed by atoms with Gasteiger partial charge in [0.25, 0.3) is 0 Å². The van der Waals surface area contributed by atoms with Gasteiger partial charge < -0.3 is 25.0 Å². The number of carbonyl (C=O) groups is 1. The number of amides is 2. The third kappa shape index (κ3) is 5.07. The molecule has 1 aromatic heterocycles. The number of nitrogens with zero attached hydrogens (tertiary/aromatic N) is 3. The second-order valence-electron chi connectivity index (χ2n) is 6.85. The highest BCUT2D eigenvalue weighted by Crippen LogP contribution is 2.29. The Morgan fingerprint density at radius 3 is 2.55 bits per heavy atom. The highest BCUT2D eigenvalue weighted by atomic mass is 19.1. The number of hydrogen-bond acceptors (Lipinski definition) is 6. The molecule has 0 atom stereocenters. The van der Waals surface area contributed by atoms with Gasteiger partial charge in [0.2, 0.25) is 0 Å². The molecule has 0 saturated carbocycles. The Labute approximate surface area is 179 Å². The molecule has 1 fully saturated rings. The van der Waals surface area contributed by atoms with Crippen LogP contribution in [0.4, 0.5) is 26.4 Å². The number of anilines is 3. The van der Waals surface area contributed by atoms with E-state index in [0.717, 1.165) is 24.5 Å². The van der Waals surface area contributed by atoms with Crippen LogP contribution < -0.4 is 20.3 Å². The lowest BCUT2D eigenvalue weighted by molar-refractivity contribution is 0.122. The molecular weight excluding hydrogens is 401 g/mol. The van der Waals surface area contributed by atoms with Gasteiger partial charge in [-0.2, -0.15) is 0 Å². The van der Waals surface area contributed by atoms with Crippen LogP contribution in [0.1, 0.15) is 0 Å². The maximum Gasteiger partial charge on any atom is 0.323 e. The fourth-order valence-corrected chi connectivity index (χ4v) is 3.21. The molecule has 2 N–H and O–H groups in total. The van der Waals surface area contributed by atoms with E-state index in [1.807, 2.05) is 12.1 Å². The predicted molar refractivity (Wildman–Crippen MR) is 116 cm³/mol. The maximum atomic E-state index is 13.2. The minimum Gasteiger partial charge on any atom is -0.491 e. The van der Waals surface area contributed by atoms with E-state index >= 15 is 0 Å². The summed E-state index contributed by atoms with van der Waals surface area (Å²) in [5.74, 6) is 1.47. The molecule has 0 radical (unpaired) electrons. The van der Waals surface area contributed by atoms with Crippen molar-refractivity contribution >= 4 is 23.2 Å². The predicted octanol–water partition coefficient (Wildman–Crippen LogP) is 3.77. The van der Waals surface area contributed by atoms with Crippen LogP contribution in [0.25, 0.3) is 11.4 Å². The van der Waals surface area contributed by atoms with Crippen LogP contribution in [0.3, 0.4) is 0 Å². The van der Waals surface area contributed by atoms with E-state index in [4.69, 9.17) is 14.5 Å². The van der Waals surface area contributed by atoms with Crippen molar-refractivity contribution < 1.29 is 18.7 Å². The summed E-state index contributed by atoms with van der Waals surface area (Å²) in [5, 5.41) is 5.30. The van der Waals surface area contributed by atoms with Crippen LogP contribution in [0.5, 0.6) is 5.75 Å². The van der Waals surface area contributed by atoms with Crippen molar-refractivity contribution in [2.45, 2.75) is 0 Å². The molecule has 2 aromatic carbocycles. The molecule has 0 unspecified atom stereocenters. The van der Waals surface area contributed by atoms with Gasteiger partial charge in [0.05, 0.1) is 26.5 Å². The minimum absolute atomic E-state index is 0.372. The van der Waals surface area contributed by atoms with Crippen molar-refractivity contribution in [1.82, 2.24) is 9.97 Å². The first-order valence-electron chi connectivity index (χ1n) is 9.80. The molecule has 0 spiro atoms. The highest BCUT2D eigenvalue weighted by Gasteiger charge is 2.18. The number of nitrogens with one attached hydrogen (secondary N) is 2. The monoisotopic (exact) mass is 423 g/mol. The Balaban J connectivity index is 1.47. The molecule has 4 rings (SSSR count). The summed E-state index contributed by atoms with van der Waals surface area (Å²) < 4.78 is 24.1. The third-order valence-corrected chi connectivity index (χ3v) is 4.75. The first-order valence-corrected chi connectivity index (χ1v) is 9.80. The van der Waals surface area contributed by atoms with Crippen LogP contribution in [0.2, 0.25) is 0 Å². The molecule has 0 bridgehead atoms. The van der Waals surface area contributed by atoms with Gasteiger partial charge in [-0.15, -0.1) is 0 Å². The number of ether oxygens (including phenoxy) is 2. The zero-order chi connectivity index (χ0) is 21.6. The zero-order valence-corrected chi connectivity index (χ0v) is 17.0. The van der Waals surface area contributed by atoms with Gasteiger partial charge in [-0.25, -0.2) is 19.2 Å². The average Bonchev–Trinajstić information content (AvgIpc) is 2.80. The summed E-state index contributed by atoms with van der Waals surface area (Å²) >= 11 is 0. The molecule has 1 aliphatic rings. The van der Waals surface area contributed by atoms with Crippen molar-refractivity contribution in [2.75, 3.05) is 48.9 Å². The largest absolute Gasteiger partial charge is 0.491 e. The minimum atomic E-state index is -0.464. The number of hydrogen-bond donors (Lipinski definition) is 2. The molecule has 1 aliphatic heterocycles. The standard InChI is InChI=1S/C22H22FN5O3/c1-30-19-14-24-20(27-21(19)28-9-11-31-12-10-28)15-5-7-17(8-6-15)25-22(29)26-18-4-2-3-16(23)13-18/h2-8,13-14H,9-12H2,1H3,(H2,25,26,29). The number of carbonyl (C=O) groups excluding carboxylic acids is 1. The summed E-state index contributed by atoms with van der Waals surface area (Å²) in [5.41, 5.74) is 1.75. The smallest absolute Gasteiger partial charge is 0.323 e. The van der Waals surface area contributed by atoms with Crippen LogP contribution in [0, 0.1) is 5.82 Å². The fraction of sp³-hybridized carbons (Fsp3) is 0.227. The van der Waals surface area contributed by atoms with E-state index in [-0.39, 0.29) is 0 Å². The second-order valence-corrected chi connectivity index (χ2v) is 6.85. The SMILES string of the molecule is COc1cnc(-c2ccc(NC(=O)Nc3cccc(F)c3)cc2)nc1N1CCOCC1. The molecule has 8 nitrogen and oxygen atoms in total. The first kappa shape index (κ1) is 20.5. The molecule has 3 aromatic rings. The quantitative estimate of drug-likeness (QED) is 0.650. The second kappa shape index (κ2) is 9.40. The summed E-state index contributed by atoms with van der Waals surface area (Å²) in [4.78, 5) is 23.3. The molecule has 31 heavy (non-hydrogen) atoms. The molecule has 2 heterocycles. The maximum absolute atomic E-state index is 13.2. The summed E-state index contributed by atoms with van der Waals surface area (Å²) in [7, 11) is 1.59. The number of aromatic nitrogens is 2. The Hall–Kier alpha value is -3.72. The number of urea groups is 1. The van der Waals surface area contributed by atoms with Gasteiger partial charge in [-0.05, 0) is 42.5 Å².